The lowest BCUT2D eigenvalue weighted by atomic mass is 9.87. The van der Waals surface area contributed by atoms with Gasteiger partial charge in [0.05, 0.1) is 0 Å². The second kappa shape index (κ2) is 6.57. The molecule has 140 valence electrons. The first-order chi connectivity index (χ1) is 12.6. The number of anilines is 2. The van der Waals surface area contributed by atoms with Gasteiger partial charge in [0.2, 0.25) is 0 Å². The van der Waals surface area contributed by atoms with Gasteiger partial charge in [0.15, 0.2) is 5.82 Å². The number of nitrogen functional groups attached to an aromatic ring is 2. The summed E-state index contributed by atoms with van der Waals surface area (Å²) >= 11 is 0. The van der Waals surface area contributed by atoms with E-state index in [4.69, 9.17) is 11.5 Å². The number of benzene rings is 2. The Morgan fingerprint density at radius 3 is 2.19 bits per heavy atom. The van der Waals surface area contributed by atoms with Gasteiger partial charge in [0.25, 0.3) is 0 Å². The van der Waals surface area contributed by atoms with E-state index in [0.717, 1.165) is 34.5 Å². The molecular weight excluding hydrogens is 353 g/mol. The number of hydrogen-bond donors (Lipinski definition) is 2. The van der Waals surface area contributed by atoms with Gasteiger partial charge in [-0.3, -0.25) is 0 Å². The van der Waals surface area contributed by atoms with Crippen molar-refractivity contribution in [3.05, 3.63) is 58.9 Å². The van der Waals surface area contributed by atoms with E-state index >= 15 is 0 Å². The second-order valence-corrected chi connectivity index (χ2v) is 6.43. The highest BCUT2D eigenvalue weighted by molar-refractivity contribution is 5.87. The second-order valence-electron chi connectivity index (χ2n) is 6.43. The van der Waals surface area contributed by atoms with Crippen molar-refractivity contribution in [3.8, 4) is 22.5 Å². The van der Waals surface area contributed by atoms with Gasteiger partial charge in [0, 0.05) is 23.1 Å². The molecule has 0 aliphatic rings. The molecule has 27 heavy (non-hydrogen) atoms. The zero-order chi connectivity index (χ0) is 19.9. The Labute approximate surface area is 155 Å². The Bertz CT molecular complexity index is 1030. The van der Waals surface area contributed by atoms with Crippen LogP contribution >= 0.6 is 0 Å². The minimum atomic E-state index is -4.55. The quantitative estimate of drug-likeness (QED) is 0.626. The average Bonchev–Trinajstić information content (AvgIpc) is 2.60. The largest absolute Gasteiger partial charge is 0.433 e. The molecule has 0 atom stereocenters. The summed E-state index contributed by atoms with van der Waals surface area (Å²) in [5.41, 5.74) is 16.7. The van der Waals surface area contributed by atoms with Crippen molar-refractivity contribution in [2.45, 2.75) is 26.9 Å². The zero-order valence-corrected chi connectivity index (χ0v) is 15.1. The predicted octanol–water partition coefficient (Wildman–Crippen LogP) is 4.92. The first kappa shape index (κ1) is 18.7. The number of halogens is 3. The fraction of sp³-hybridized carbons (Fsp3) is 0.200. The van der Waals surface area contributed by atoms with Crippen LogP contribution in [0.15, 0.2) is 36.5 Å². The topological polar surface area (TPSA) is 77.8 Å². The molecule has 0 amide bonds. The van der Waals surface area contributed by atoms with E-state index in [1.807, 2.05) is 26.0 Å². The van der Waals surface area contributed by atoms with Crippen LogP contribution in [0.2, 0.25) is 0 Å². The van der Waals surface area contributed by atoms with Crippen molar-refractivity contribution < 1.29 is 13.2 Å². The Kier molecular flexibility index (Phi) is 4.55. The van der Waals surface area contributed by atoms with Crippen LogP contribution < -0.4 is 11.5 Å². The first-order valence-electron chi connectivity index (χ1n) is 8.27. The molecule has 0 saturated carbocycles. The van der Waals surface area contributed by atoms with Crippen LogP contribution in [0.25, 0.3) is 22.5 Å². The first-order valence-corrected chi connectivity index (χ1v) is 8.27. The van der Waals surface area contributed by atoms with Gasteiger partial charge in [-0.2, -0.15) is 13.2 Å². The third-order valence-corrected chi connectivity index (χ3v) is 4.65. The predicted molar refractivity (Wildman–Crippen MR) is 101 cm³/mol. The van der Waals surface area contributed by atoms with Gasteiger partial charge < -0.3 is 11.5 Å². The number of nitrogens with two attached hydrogens (primary N) is 2. The van der Waals surface area contributed by atoms with E-state index in [1.54, 1.807) is 19.1 Å². The molecule has 4 N–H and O–H groups in total. The standard InChI is InChI=1S/C20H19F3N4/c1-10-16(13-5-4-6-14(24)9-13)11(2)18(25)12(3)17(10)19-26-8-7-15(27-19)20(21,22)23/h4-9H,24-25H2,1-3H3. The lowest BCUT2D eigenvalue weighted by molar-refractivity contribution is -0.141. The number of aromatic nitrogens is 2. The highest BCUT2D eigenvalue weighted by atomic mass is 19.4. The highest BCUT2D eigenvalue weighted by Gasteiger charge is 2.33. The Morgan fingerprint density at radius 2 is 1.56 bits per heavy atom. The minimum absolute atomic E-state index is 0.00308. The maximum Gasteiger partial charge on any atom is 0.433 e. The number of hydrogen-bond acceptors (Lipinski definition) is 4. The summed E-state index contributed by atoms with van der Waals surface area (Å²) in [7, 11) is 0. The minimum Gasteiger partial charge on any atom is -0.399 e. The van der Waals surface area contributed by atoms with Gasteiger partial charge in [-0.1, -0.05) is 12.1 Å². The van der Waals surface area contributed by atoms with E-state index in [1.165, 1.54) is 0 Å². The fourth-order valence-electron chi connectivity index (χ4n) is 3.34. The van der Waals surface area contributed by atoms with Crippen molar-refractivity contribution >= 4 is 11.4 Å². The fourth-order valence-corrected chi connectivity index (χ4v) is 3.34. The lowest BCUT2D eigenvalue weighted by Crippen LogP contribution is -2.10. The molecule has 0 fully saturated rings. The number of rotatable bonds is 2. The van der Waals surface area contributed by atoms with Gasteiger partial charge >= 0.3 is 6.18 Å². The van der Waals surface area contributed by atoms with E-state index < -0.39 is 11.9 Å². The summed E-state index contributed by atoms with van der Waals surface area (Å²) < 4.78 is 39.3. The summed E-state index contributed by atoms with van der Waals surface area (Å²) in [6, 6.07) is 8.13. The van der Waals surface area contributed by atoms with E-state index in [9.17, 15) is 13.2 Å². The summed E-state index contributed by atoms with van der Waals surface area (Å²) in [4.78, 5) is 7.82. The van der Waals surface area contributed by atoms with Crippen LogP contribution in [-0.2, 0) is 6.18 Å². The summed E-state index contributed by atoms with van der Waals surface area (Å²) in [6.45, 7) is 5.47. The van der Waals surface area contributed by atoms with Gasteiger partial charge in [-0.25, -0.2) is 9.97 Å². The van der Waals surface area contributed by atoms with Crippen LogP contribution in [0.3, 0.4) is 0 Å². The lowest BCUT2D eigenvalue weighted by Gasteiger charge is -2.20. The average molecular weight is 372 g/mol. The smallest absolute Gasteiger partial charge is 0.399 e. The molecule has 3 rings (SSSR count). The molecule has 7 heteroatoms. The number of nitrogens with zero attached hydrogens (tertiary/aromatic N) is 2. The molecule has 3 aromatic rings. The zero-order valence-electron chi connectivity index (χ0n) is 15.1. The summed E-state index contributed by atoms with van der Waals surface area (Å²) in [5.74, 6) is -0.00308. The molecule has 0 unspecified atom stereocenters. The molecule has 0 aliphatic heterocycles. The van der Waals surface area contributed by atoms with Crippen molar-refractivity contribution in [1.29, 1.82) is 0 Å². The monoisotopic (exact) mass is 372 g/mol. The molecule has 1 heterocycles. The molecule has 0 spiro atoms. The molecule has 0 radical (unpaired) electrons. The van der Waals surface area contributed by atoms with E-state index in [-0.39, 0.29) is 5.82 Å². The molecule has 1 aromatic heterocycles. The SMILES string of the molecule is Cc1c(N)c(C)c(-c2nccc(C(F)(F)F)n2)c(C)c1-c1cccc(N)c1. The molecule has 4 nitrogen and oxygen atoms in total. The van der Waals surface area contributed by atoms with E-state index in [2.05, 4.69) is 9.97 Å². The van der Waals surface area contributed by atoms with Gasteiger partial charge in [0.1, 0.15) is 5.69 Å². The van der Waals surface area contributed by atoms with Crippen molar-refractivity contribution in [1.82, 2.24) is 9.97 Å². The van der Waals surface area contributed by atoms with Gasteiger partial charge in [-0.05, 0) is 66.8 Å². The van der Waals surface area contributed by atoms with Crippen molar-refractivity contribution in [3.63, 3.8) is 0 Å². The molecule has 0 saturated heterocycles. The number of alkyl halides is 3. The maximum absolute atomic E-state index is 13.1. The summed E-state index contributed by atoms with van der Waals surface area (Å²) in [5, 5.41) is 0. The Morgan fingerprint density at radius 1 is 0.889 bits per heavy atom. The van der Waals surface area contributed by atoms with Crippen LogP contribution in [0, 0.1) is 20.8 Å². The molecule has 2 aromatic carbocycles. The van der Waals surface area contributed by atoms with Crippen molar-refractivity contribution in [2.24, 2.45) is 0 Å². The van der Waals surface area contributed by atoms with E-state index in [0.29, 0.717) is 22.5 Å². The van der Waals surface area contributed by atoms with Crippen LogP contribution in [0.5, 0.6) is 0 Å². The highest BCUT2D eigenvalue weighted by Crippen LogP contribution is 2.40. The van der Waals surface area contributed by atoms with Crippen molar-refractivity contribution in [2.75, 3.05) is 11.5 Å². The molecular formula is C20H19F3N4. The third kappa shape index (κ3) is 3.32. The Hall–Kier alpha value is -3.09. The third-order valence-electron chi connectivity index (χ3n) is 4.65. The maximum atomic E-state index is 13.1. The molecule has 0 aliphatic carbocycles. The molecule has 0 bridgehead atoms. The normalized spacial score (nSPS) is 11.6. The van der Waals surface area contributed by atoms with Gasteiger partial charge in [-0.15, -0.1) is 0 Å². The Balaban J connectivity index is 2.32. The summed E-state index contributed by atoms with van der Waals surface area (Å²) in [6.07, 6.45) is -3.44. The van der Waals surface area contributed by atoms with Crippen LogP contribution in [-0.4, -0.2) is 9.97 Å². The van der Waals surface area contributed by atoms with Crippen LogP contribution in [0.1, 0.15) is 22.4 Å². The van der Waals surface area contributed by atoms with Crippen LogP contribution in [0.4, 0.5) is 24.5 Å².